The summed E-state index contributed by atoms with van der Waals surface area (Å²) in [5.74, 6) is -1.42. The molecule has 4 rings (SSSR count). The summed E-state index contributed by atoms with van der Waals surface area (Å²) in [7, 11) is 0. The minimum Gasteiger partial charge on any atom is -0.352 e. The largest absolute Gasteiger partial charge is 0.416 e. The number of benzene rings is 1. The van der Waals surface area contributed by atoms with Crippen LogP contribution >= 0.6 is 0 Å². The van der Waals surface area contributed by atoms with E-state index < -0.39 is 23.5 Å². The quantitative estimate of drug-likeness (QED) is 0.632. The highest BCUT2D eigenvalue weighted by Crippen LogP contribution is 2.32. The number of piperidine rings is 1. The topological polar surface area (TPSA) is 35.6 Å². The molecule has 0 spiro atoms. The van der Waals surface area contributed by atoms with E-state index in [-0.39, 0.29) is 5.56 Å². The lowest BCUT2D eigenvalue weighted by atomic mass is 9.96. The second-order valence-electron chi connectivity index (χ2n) is 9.65. The van der Waals surface area contributed by atoms with Crippen LogP contribution in [0.2, 0.25) is 0 Å². The molecule has 4 nitrogen and oxygen atoms in total. The van der Waals surface area contributed by atoms with E-state index in [4.69, 9.17) is 0 Å². The fourth-order valence-electron chi connectivity index (χ4n) is 5.67. The van der Waals surface area contributed by atoms with Gasteiger partial charge in [0.1, 0.15) is 5.82 Å². The zero-order chi connectivity index (χ0) is 22.7. The molecule has 1 aliphatic carbocycles. The average Bonchev–Trinajstić information content (AvgIpc) is 3.43. The summed E-state index contributed by atoms with van der Waals surface area (Å²) in [5, 5.41) is 2.71. The van der Waals surface area contributed by atoms with Crippen molar-refractivity contribution in [3.8, 4) is 0 Å². The van der Waals surface area contributed by atoms with Crippen molar-refractivity contribution in [2.24, 2.45) is 5.92 Å². The van der Waals surface area contributed by atoms with Crippen LogP contribution < -0.4 is 5.32 Å². The molecule has 0 bridgehead atoms. The molecule has 3 fully saturated rings. The van der Waals surface area contributed by atoms with E-state index in [1.54, 1.807) is 0 Å². The Morgan fingerprint density at radius 1 is 0.969 bits per heavy atom. The van der Waals surface area contributed by atoms with Crippen molar-refractivity contribution in [1.82, 2.24) is 15.1 Å². The monoisotopic (exact) mass is 455 g/mol. The Morgan fingerprint density at radius 3 is 2.38 bits per heavy atom. The van der Waals surface area contributed by atoms with Gasteiger partial charge in [-0.05, 0) is 82.3 Å². The van der Waals surface area contributed by atoms with Crippen LogP contribution in [-0.2, 0) is 6.18 Å². The summed E-state index contributed by atoms with van der Waals surface area (Å²) >= 11 is 0. The highest BCUT2D eigenvalue weighted by Gasteiger charge is 2.34. The molecule has 2 heterocycles. The lowest BCUT2D eigenvalue weighted by molar-refractivity contribution is -0.137. The Labute approximate surface area is 187 Å². The second kappa shape index (κ2) is 10.1. The van der Waals surface area contributed by atoms with Gasteiger partial charge in [0.25, 0.3) is 5.91 Å². The lowest BCUT2D eigenvalue weighted by Gasteiger charge is -2.37. The van der Waals surface area contributed by atoms with E-state index in [2.05, 4.69) is 15.1 Å². The van der Waals surface area contributed by atoms with Crippen molar-refractivity contribution in [2.75, 3.05) is 32.7 Å². The third kappa shape index (κ3) is 5.81. The number of hydrogen-bond donors (Lipinski definition) is 1. The molecule has 1 aromatic carbocycles. The van der Waals surface area contributed by atoms with Crippen molar-refractivity contribution < 1.29 is 22.4 Å². The normalized spacial score (nSPS) is 24.3. The van der Waals surface area contributed by atoms with Crippen LogP contribution in [0.15, 0.2) is 18.2 Å². The van der Waals surface area contributed by atoms with Crippen LogP contribution in [-0.4, -0.2) is 60.5 Å². The van der Waals surface area contributed by atoms with Gasteiger partial charge >= 0.3 is 6.18 Å². The molecule has 1 atom stereocenters. The fraction of sp³-hybridized carbons (Fsp3) is 0.708. The van der Waals surface area contributed by atoms with Gasteiger partial charge < -0.3 is 10.2 Å². The zero-order valence-corrected chi connectivity index (χ0v) is 18.5. The molecule has 1 saturated carbocycles. The fourth-order valence-corrected chi connectivity index (χ4v) is 5.67. The summed E-state index contributed by atoms with van der Waals surface area (Å²) < 4.78 is 52.2. The molecule has 32 heavy (non-hydrogen) atoms. The molecule has 3 aliphatic rings. The Kier molecular flexibility index (Phi) is 7.40. The van der Waals surface area contributed by atoms with Crippen molar-refractivity contribution >= 4 is 5.91 Å². The number of nitrogens with zero attached hydrogens (tertiary/aromatic N) is 2. The third-order valence-electron chi connectivity index (χ3n) is 7.43. The summed E-state index contributed by atoms with van der Waals surface area (Å²) in [6.45, 7) is 4.71. The maximum atomic E-state index is 13.6. The maximum absolute atomic E-state index is 13.6. The van der Waals surface area contributed by atoms with Gasteiger partial charge in [0.15, 0.2) is 0 Å². The molecule has 2 saturated heterocycles. The minimum absolute atomic E-state index is 0.289. The van der Waals surface area contributed by atoms with Gasteiger partial charge in [-0.15, -0.1) is 0 Å². The summed E-state index contributed by atoms with van der Waals surface area (Å²) in [6, 6.07) is 3.40. The van der Waals surface area contributed by atoms with Gasteiger partial charge in [0.05, 0.1) is 5.56 Å². The van der Waals surface area contributed by atoms with Crippen LogP contribution in [0.3, 0.4) is 0 Å². The molecule has 0 unspecified atom stereocenters. The molecule has 1 amide bonds. The van der Waals surface area contributed by atoms with E-state index in [1.807, 2.05) is 0 Å². The van der Waals surface area contributed by atoms with Crippen LogP contribution in [0.4, 0.5) is 17.6 Å². The van der Waals surface area contributed by atoms with Crippen molar-refractivity contribution in [3.63, 3.8) is 0 Å². The van der Waals surface area contributed by atoms with Gasteiger partial charge in [0, 0.05) is 30.7 Å². The third-order valence-corrected chi connectivity index (χ3v) is 7.43. The van der Waals surface area contributed by atoms with Gasteiger partial charge in [0.2, 0.25) is 0 Å². The number of nitrogens with one attached hydrogen (secondary N) is 1. The molecular weight excluding hydrogens is 422 g/mol. The van der Waals surface area contributed by atoms with E-state index in [1.165, 1.54) is 45.1 Å². The molecule has 8 heteroatoms. The van der Waals surface area contributed by atoms with Crippen LogP contribution in [0.25, 0.3) is 0 Å². The van der Waals surface area contributed by atoms with Crippen LogP contribution in [0, 0.1) is 11.7 Å². The number of alkyl halides is 3. The smallest absolute Gasteiger partial charge is 0.352 e. The van der Waals surface area contributed by atoms with E-state index >= 15 is 0 Å². The van der Waals surface area contributed by atoms with E-state index in [9.17, 15) is 22.4 Å². The summed E-state index contributed by atoms with van der Waals surface area (Å²) in [6.07, 6.45) is 5.19. The van der Waals surface area contributed by atoms with Gasteiger partial charge in [-0.2, -0.15) is 13.2 Å². The Hall–Kier alpha value is -1.67. The molecule has 0 aromatic heterocycles. The molecule has 0 radical (unpaired) electrons. The molecule has 1 N–H and O–H groups in total. The number of rotatable bonds is 6. The maximum Gasteiger partial charge on any atom is 0.416 e. The number of carbonyl (C=O) groups is 1. The molecule has 2 aliphatic heterocycles. The molecule has 1 aromatic rings. The minimum atomic E-state index is -4.68. The average molecular weight is 456 g/mol. The van der Waals surface area contributed by atoms with Gasteiger partial charge in [-0.25, -0.2) is 4.39 Å². The standard InChI is InChI=1S/C24H33F4N3O/c25-20-13-18(12-19(14-20)24(26,27)28)23(32)29-15-17-7-10-30(11-8-17)16-22-6-3-9-31(22)21-4-1-2-5-21/h12-14,17,21-22H,1-11,15-16H2,(H,29,32)/t22-/m0/s1. The number of hydrogen-bond acceptors (Lipinski definition) is 3. The first kappa shape index (κ1) is 23.5. The first-order valence-corrected chi connectivity index (χ1v) is 11.9. The first-order chi connectivity index (χ1) is 15.3. The Morgan fingerprint density at radius 2 is 1.69 bits per heavy atom. The summed E-state index contributed by atoms with van der Waals surface area (Å²) in [5.41, 5.74) is -1.43. The highest BCUT2D eigenvalue weighted by molar-refractivity contribution is 5.94. The van der Waals surface area contributed by atoms with Crippen molar-refractivity contribution in [2.45, 2.75) is 69.6 Å². The zero-order valence-electron chi connectivity index (χ0n) is 18.5. The van der Waals surface area contributed by atoms with E-state index in [0.717, 1.165) is 44.6 Å². The van der Waals surface area contributed by atoms with Gasteiger partial charge in [-0.3, -0.25) is 9.69 Å². The van der Waals surface area contributed by atoms with Crippen molar-refractivity contribution in [1.29, 1.82) is 0 Å². The lowest BCUT2D eigenvalue weighted by Crippen LogP contribution is -2.47. The number of likely N-dealkylation sites (tertiary alicyclic amines) is 2. The van der Waals surface area contributed by atoms with Crippen LogP contribution in [0.5, 0.6) is 0 Å². The predicted molar refractivity (Wildman–Crippen MR) is 115 cm³/mol. The number of halogens is 4. The van der Waals surface area contributed by atoms with Gasteiger partial charge in [-0.1, -0.05) is 12.8 Å². The molecule has 178 valence electrons. The molecular formula is C24H33F4N3O. The van der Waals surface area contributed by atoms with Crippen molar-refractivity contribution in [3.05, 3.63) is 35.1 Å². The second-order valence-corrected chi connectivity index (χ2v) is 9.65. The number of amides is 1. The SMILES string of the molecule is O=C(NCC1CCN(C[C@@H]2CCCN2C2CCCC2)CC1)c1cc(F)cc(C(F)(F)F)c1. The first-order valence-electron chi connectivity index (χ1n) is 11.9. The summed E-state index contributed by atoms with van der Waals surface area (Å²) in [4.78, 5) is 17.6. The Balaban J connectivity index is 1.22. The number of carbonyl (C=O) groups excluding carboxylic acids is 1. The highest BCUT2D eigenvalue weighted by atomic mass is 19.4. The van der Waals surface area contributed by atoms with E-state index in [0.29, 0.717) is 30.6 Å². The van der Waals surface area contributed by atoms with Crippen LogP contribution in [0.1, 0.15) is 67.3 Å². The Bertz CT molecular complexity index is 786. The predicted octanol–water partition coefficient (Wildman–Crippen LogP) is 4.69.